The summed E-state index contributed by atoms with van der Waals surface area (Å²) in [7, 11) is 0. The van der Waals surface area contributed by atoms with Crippen molar-refractivity contribution < 1.29 is 0 Å². The van der Waals surface area contributed by atoms with E-state index in [1.54, 1.807) is 5.57 Å². The van der Waals surface area contributed by atoms with E-state index >= 15 is 0 Å². The van der Waals surface area contributed by atoms with E-state index in [1.807, 2.05) is 0 Å². The molecule has 124 valence electrons. The van der Waals surface area contributed by atoms with Gasteiger partial charge in [0.1, 0.15) is 0 Å². The molecule has 1 fully saturated rings. The van der Waals surface area contributed by atoms with Crippen molar-refractivity contribution >= 4 is 0 Å². The lowest BCUT2D eigenvalue weighted by molar-refractivity contribution is 0.195. The summed E-state index contributed by atoms with van der Waals surface area (Å²) in [5, 5.41) is 0. The zero-order valence-corrected chi connectivity index (χ0v) is 14.8. The van der Waals surface area contributed by atoms with Crippen molar-refractivity contribution in [2.75, 3.05) is 0 Å². The summed E-state index contributed by atoms with van der Waals surface area (Å²) < 4.78 is 0. The van der Waals surface area contributed by atoms with Gasteiger partial charge in [-0.1, -0.05) is 71.3 Å². The van der Waals surface area contributed by atoms with E-state index in [9.17, 15) is 0 Å². The second-order valence-electron chi connectivity index (χ2n) is 7.66. The van der Waals surface area contributed by atoms with Gasteiger partial charge in [0.15, 0.2) is 0 Å². The van der Waals surface area contributed by atoms with Gasteiger partial charge in [-0.2, -0.15) is 0 Å². The molecular formula is C23H27N. The monoisotopic (exact) mass is 317 g/mol. The van der Waals surface area contributed by atoms with Crippen LogP contribution in [0.3, 0.4) is 0 Å². The van der Waals surface area contributed by atoms with Gasteiger partial charge in [-0.3, -0.25) is 4.90 Å². The Morgan fingerprint density at radius 2 is 1.67 bits per heavy atom. The summed E-state index contributed by atoms with van der Waals surface area (Å²) in [6.07, 6.45) is 7.63. The van der Waals surface area contributed by atoms with Crippen LogP contribution >= 0.6 is 0 Å². The minimum Gasteiger partial charge on any atom is -0.289 e. The van der Waals surface area contributed by atoms with Crippen LogP contribution in [0.1, 0.15) is 41.5 Å². The lowest BCUT2D eigenvalue weighted by Gasteiger charge is -2.34. The summed E-state index contributed by atoms with van der Waals surface area (Å²) in [5.74, 6) is 0. The first-order valence-corrected chi connectivity index (χ1v) is 9.24. The second kappa shape index (κ2) is 6.57. The average Bonchev–Trinajstić information content (AvgIpc) is 2.78. The maximum atomic E-state index is 2.72. The quantitative estimate of drug-likeness (QED) is 0.700. The van der Waals surface area contributed by atoms with Gasteiger partial charge in [-0.25, -0.2) is 0 Å². The predicted molar refractivity (Wildman–Crippen MR) is 101 cm³/mol. The number of rotatable bonds is 4. The molecule has 2 bridgehead atoms. The fraction of sp³-hybridized carbons (Fsp3) is 0.391. The van der Waals surface area contributed by atoms with E-state index < -0.39 is 0 Å². The van der Waals surface area contributed by atoms with E-state index in [0.29, 0.717) is 6.04 Å². The first kappa shape index (κ1) is 15.7. The Hall–Kier alpha value is -1.86. The molecule has 0 aliphatic carbocycles. The largest absolute Gasteiger partial charge is 0.289 e. The van der Waals surface area contributed by atoms with E-state index in [2.05, 4.69) is 73.4 Å². The normalized spacial score (nSPS) is 23.3. The molecule has 0 radical (unpaired) electrons. The minimum atomic E-state index is 0.643. The third-order valence-corrected chi connectivity index (χ3v) is 5.54. The summed E-state index contributed by atoms with van der Waals surface area (Å²) in [6, 6.07) is 19.3. The molecule has 4 rings (SSSR count). The van der Waals surface area contributed by atoms with E-state index in [4.69, 9.17) is 0 Å². The van der Waals surface area contributed by atoms with Crippen LogP contribution < -0.4 is 0 Å². The summed E-state index contributed by atoms with van der Waals surface area (Å²) >= 11 is 0. The fourth-order valence-corrected chi connectivity index (χ4v) is 4.61. The zero-order valence-electron chi connectivity index (χ0n) is 14.8. The third kappa shape index (κ3) is 3.32. The molecule has 0 spiro atoms. The van der Waals surface area contributed by atoms with Gasteiger partial charge in [0.05, 0.1) is 0 Å². The topological polar surface area (TPSA) is 3.24 Å². The highest BCUT2D eigenvalue weighted by Crippen LogP contribution is 2.37. The molecule has 1 saturated heterocycles. The number of hydrogen-bond donors (Lipinski definition) is 0. The maximum absolute atomic E-state index is 2.72. The maximum Gasteiger partial charge on any atom is 0.0288 e. The second-order valence-corrected chi connectivity index (χ2v) is 7.66. The number of aryl methyl sites for hydroxylation is 2. The van der Waals surface area contributed by atoms with E-state index in [1.165, 1.54) is 41.5 Å². The molecule has 2 aromatic rings. The lowest BCUT2D eigenvalue weighted by Crippen LogP contribution is -2.38. The van der Waals surface area contributed by atoms with Gasteiger partial charge in [-0.15, -0.1) is 0 Å². The molecule has 0 aromatic heterocycles. The number of benzene rings is 2. The van der Waals surface area contributed by atoms with Crippen molar-refractivity contribution in [3.8, 4) is 0 Å². The first-order chi connectivity index (χ1) is 11.7. The van der Waals surface area contributed by atoms with Crippen LogP contribution in [0.4, 0.5) is 0 Å². The van der Waals surface area contributed by atoms with Crippen LogP contribution in [0.15, 0.2) is 60.2 Å². The predicted octanol–water partition coefficient (Wildman–Crippen LogP) is 5.21. The van der Waals surface area contributed by atoms with Crippen molar-refractivity contribution in [1.29, 1.82) is 0 Å². The van der Waals surface area contributed by atoms with Crippen LogP contribution in [0.5, 0.6) is 0 Å². The van der Waals surface area contributed by atoms with E-state index in [-0.39, 0.29) is 0 Å². The standard InChI is InChI=1S/C23H27N/c1-17-10-18(2)12-20(11-17)13-21-14-22-8-9-23(15-21)24(22)16-19-6-4-3-5-7-19/h3-7,10-12,14,22-23H,8-9,13,15-16H2,1-2H3. The van der Waals surface area contributed by atoms with Crippen molar-refractivity contribution in [3.63, 3.8) is 0 Å². The molecule has 0 saturated carbocycles. The zero-order chi connectivity index (χ0) is 16.5. The highest BCUT2D eigenvalue weighted by molar-refractivity contribution is 5.33. The van der Waals surface area contributed by atoms with Gasteiger partial charge < -0.3 is 0 Å². The van der Waals surface area contributed by atoms with Gasteiger partial charge in [-0.05, 0) is 50.7 Å². The smallest absolute Gasteiger partial charge is 0.0288 e. The van der Waals surface area contributed by atoms with Gasteiger partial charge in [0.2, 0.25) is 0 Å². The molecule has 2 aromatic carbocycles. The lowest BCUT2D eigenvalue weighted by atomic mass is 9.93. The highest BCUT2D eigenvalue weighted by atomic mass is 15.2. The van der Waals surface area contributed by atoms with Gasteiger partial charge in [0, 0.05) is 18.6 Å². The van der Waals surface area contributed by atoms with Crippen molar-refractivity contribution in [2.45, 2.75) is 58.2 Å². The molecule has 2 unspecified atom stereocenters. The van der Waals surface area contributed by atoms with Gasteiger partial charge in [0.25, 0.3) is 0 Å². The Morgan fingerprint density at radius 3 is 2.38 bits per heavy atom. The Labute approximate surface area is 146 Å². The van der Waals surface area contributed by atoms with Crippen molar-refractivity contribution in [2.24, 2.45) is 0 Å². The summed E-state index contributed by atoms with van der Waals surface area (Å²) in [6.45, 7) is 5.51. The van der Waals surface area contributed by atoms with Crippen LogP contribution in [-0.4, -0.2) is 17.0 Å². The summed E-state index contributed by atoms with van der Waals surface area (Å²) in [5.41, 5.74) is 7.34. The van der Waals surface area contributed by atoms with Crippen LogP contribution in [0.25, 0.3) is 0 Å². The van der Waals surface area contributed by atoms with E-state index in [0.717, 1.165) is 19.0 Å². The molecule has 1 nitrogen and oxygen atoms in total. The third-order valence-electron chi connectivity index (χ3n) is 5.54. The molecular weight excluding hydrogens is 290 g/mol. The number of nitrogens with zero attached hydrogens (tertiary/aromatic N) is 1. The minimum absolute atomic E-state index is 0.643. The number of hydrogen-bond acceptors (Lipinski definition) is 1. The molecule has 1 heteroatoms. The molecule has 2 heterocycles. The highest BCUT2D eigenvalue weighted by Gasteiger charge is 2.36. The van der Waals surface area contributed by atoms with Crippen LogP contribution in [0.2, 0.25) is 0 Å². The first-order valence-electron chi connectivity index (χ1n) is 9.24. The molecule has 0 N–H and O–H groups in total. The van der Waals surface area contributed by atoms with Gasteiger partial charge >= 0.3 is 0 Å². The molecule has 2 atom stereocenters. The molecule has 2 aliphatic heterocycles. The Kier molecular flexibility index (Phi) is 4.28. The van der Waals surface area contributed by atoms with Crippen molar-refractivity contribution in [3.05, 3.63) is 82.4 Å². The summed E-state index contributed by atoms with van der Waals surface area (Å²) in [4.78, 5) is 2.72. The Bertz CT molecular complexity index is 724. The van der Waals surface area contributed by atoms with Crippen LogP contribution in [-0.2, 0) is 13.0 Å². The Morgan fingerprint density at radius 1 is 0.917 bits per heavy atom. The molecule has 0 amide bonds. The average molecular weight is 317 g/mol. The van der Waals surface area contributed by atoms with Crippen molar-refractivity contribution in [1.82, 2.24) is 4.90 Å². The molecule has 2 aliphatic rings. The fourth-order valence-electron chi connectivity index (χ4n) is 4.61. The number of fused-ring (bicyclic) bond motifs is 2. The SMILES string of the molecule is Cc1cc(C)cc(CC2=CC3CCC(C2)N3Cc2ccccc2)c1. The Balaban J connectivity index is 1.49. The molecule has 24 heavy (non-hydrogen) atoms. The van der Waals surface area contributed by atoms with Crippen LogP contribution in [0, 0.1) is 13.8 Å².